The van der Waals surface area contributed by atoms with E-state index in [4.69, 9.17) is 5.84 Å². The van der Waals surface area contributed by atoms with E-state index < -0.39 is 0 Å². The fourth-order valence-corrected chi connectivity index (χ4v) is 3.24. The van der Waals surface area contributed by atoms with Crippen LogP contribution in [0.5, 0.6) is 0 Å². The second kappa shape index (κ2) is 8.43. The number of nitriles is 1. The Hall–Kier alpha value is -3.23. The number of hydrogen-bond donors (Lipinski definition) is 2. The van der Waals surface area contributed by atoms with Crippen molar-refractivity contribution in [1.82, 2.24) is 9.97 Å². The number of rotatable bonds is 6. The number of nitrogens with zero attached hydrogens (tertiary/aromatic N) is 3. The van der Waals surface area contributed by atoms with Crippen LogP contribution in [0.15, 0.2) is 48.5 Å². The van der Waals surface area contributed by atoms with Gasteiger partial charge in [-0.15, -0.1) is 0 Å². The predicted octanol–water partition coefficient (Wildman–Crippen LogP) is 4.15. The number of nitrogens with one attached hydrogen (secondary N) is 1. The number of anilines is 1. The van der Waals surface area contributed by atoms with Gasteiger partial charge in [-0.3, -0.25) is 0 Å². The van der Waals surface area contributed by atoms with Crippen molar-refractivity contribution in [2.75, 3.05) is 5.43 Å². The van der Waals surface area contributed by atoms with E-state index in [1.54, 1.807) is 0 Å². The molecule has 0 radical (unpaired) electrons. The first-order valence-electron chi connectivity index (χ1n) is 9.07. The highest BCUT2D eigenvalue weighted by Crippen LogP contribution is 2.26. The first-order chi connectivity index (χ1) is 13.2. The summed E-state index contributed by atoms with van der Waals surface area (Å²) in [4.78, 5) is 9.05. The molecule has 5 heteroatoms. The van der Waals surface area contributed by atoms with Gasteiger partial charge in [-0.1, -0.05) is 55.8 Å². The van der Waals surface area contributed by atoms with E-state index in [2.05, 4.69) is 52.7 Å². The maximum Gasteiger partial charge on any atom is 0.147 e. The zero-order valence-corrected chi connectivity index (χ0v) is 15.7. The summed E-state index contributed by atoms with van der Waals surface area (Å²) in [6.07, 6.45) is 2.60. The summed E-state index contributed by atoms with van der Waals surface area (Å²) in [5.74, 6) is 7.11. The number of nitrogens with two attached hydrogens (primary N) is 1. The Morgan fingerprint density at radius 2 is 1.81 bits per heavy atom. The highest BCUT2D eigenvalue weighted by molar-refractivity contribution is 5.70. The zero-order valence-electron chi connectivity index (χ0n) is 15.7. The van der Waals surface area contributed by atoms with Crippen LogP contribution in [0.1, 0.15) is 41.6 Å². The Bertz CT molecular complexity index is 971. The van der Waals surface area contributed by atoms with Gasteiger partial charge in [0.1, 0.15) is 11.6 Å². The SMILES string of the molecule is CCCc1nc(C)nc(NN)c1Cc1ccc(-c2ccccc2C#N)cc1. The van der Waals surface area contributed by atoms with Gasteiger partial charge in [0.25, 0.3) is 0 Å². The third kappa shape index (κ3) is 4.13. The molecule has 0 unspecified atom stereocenters. The van der Waals surface area contributed by atoms with E-state index >= 15 is 0 Å². The summed E-state index contributed by atoms with van der Waals surface area (Å²) in [5, 5.41) is 9.31. The van der Waals surface area contributed by atoms with Gasteiger partial charge >= 0.3 is 0 Å². The summed E-state index contributed by atoms with van der Waals surface area (Å²) in [7, 11) is 0. The molecule has 27 heavy (non-hydrogen) atoms. The molecule has 0 aliphatic heterocycles. The molecule has 0 aliphatic carbocycles. The first kappa shape index (κ1) is 18.6. The van der Waals surface area contributed by atoms with Gasteiger partial charge in [-0.25, -0.2) is 15.8 Å². The minimum Gasteiger partial charge on any atom is -0.308 e. The van der Waals surface area contributed by atoms with E-state index in [-0.39, 0.29) is 0 Å². The van der Waals surface area contributed by atoms with Crippen LogP contribution in [0.4, 0.5) is 5.82 Å². The standard InChI is InChI=1S/C22H23N5/c1-3-6-21-20(22(27-24)26-15(2)25-21)13-16-9-11-17(12-10-16)19-8-5-4-7-18(19)14-23/h4-5,7-12H,3,6,13,24H2,1-2H3,(H,25,26,27). The van der Waals surface area contributed by atoms with Gasteiger partial charge in [0.2, 0.25) is 0 Å². The normalized spacial score (nSPS) is 10.4. The van der Waals surface area contributed by atoms with Crippen molar-refractivity contribution >= 4 is 5.82 Å². The zero-order chi connectivity index (χ0) is 19.2. The molecule has 0 amide bonds. The molecule has 0 saturated heterocycles. The van der Waals surface area contributed by atoms with Crippen LogP contribution in [0.25, 0.3) is 11.1 Å². The number of benzene rings is 2. The van der Waals surface area contributed by atoms with Crippen molar-refractivity contribution in [3.63, 3.8) is 0 Å². The average molecular weight is 357 g/mol. The van der Waals surface area contributed by atoms with Crippen molar-refractivity contribution in [3.8, 4) is 17.2 Å². The first-order valence-corrected chi connectivity index (χ1v) is 9.07. The van der Waals surface area contributed by atoms with Gasteiger partial charge in [0, 0.05) is 17.7 Å². The highest BCUT2D eigenvalue weighted by Gasteiger charge is 2.13. The third-order valence-corrected chi connectivity index (χ3v) is 4.52. The Labute approximate surface area is 159 Å². The van der Waals surface area contributed by atoms with Gasteiger partial charge < -0.3 is 5.43 Å². The quantitative estimate of drug-likeness (QED) is 0.511. The summed E-state index contributed by atoms with van der Waals surface area (Å²) in [6, 6.07) is 18.2. The summed E-state index contributed by atoms with van der Waals surface area (Å²) in [6.45, 7) is 4.02. The maximum atomic E-state index is 9.31. The lowest BCUT2D eigenvalue weighted by Crippen LogP contribution is -2.15. The summed E-state index contributed by atoms with van der Waals surface area (Å²) < 4.78 is 0. The second-order valence-corrected chi connectivity index (χ2v) is 6.47. The molecule has 136 valence electrons. The average Bonchev–Trinajstić information content (AvgIpc) is 2.70. The smallest absolute Gasteiger partial charge is 0.147 e. The van der Waals surface area contributed by atoms with Gasteiger partial charge in [-0.05, 0) is 36.1 Å². The maximum absolute atomic E-state index is 9.31. The molecule has 0 atom stereocenters. The van der Waals surface area contributed by atoms with E-state index in [1.807, 2.05) is 31.2 Å². The van der Waals surface area contributed by atoms with Crippen LogP contribution in [-0.4, -0.2) is 9.97 Å². The van der Waals surface area contributed by atoms with Crippen molar-refractivity contribution in [2.24, 2.45) is 5.84 Å². The van der Waals surface area contributed by atoms with Gasteiger partial charge in [0.15, 0.2) is 0 Å². The van der Waals surface area contributed by atoms with E-state index in [0.29, 0.717) is 17.8 Å². The Morgan fingerprint density at radius 1 is 1.07 bits per heavy atom. The minimum atomic E-state index is 0.678. The van der Waals surface area contributed by atoms with Crippen LogP contribution in [0.2, 0.25) is 0 Å². The molecule has 0 saturated carbocycles. The number of aromatic nitrogens is 2. The van der Waals surface area contributed by atoms with Gasteiger partial charge in [-0.2, -0.15) is 5.26 Å². The molecule has 3 aromatic rings. The van der Waals surface area contributed by atoms with Crippen molar-refractivity contribution in [3.05, 3.63) is 76.7 Å². The molecular weight excluding hydrogens is 334 g/mol. The van der Waals surface area contributed by atoms with Crippen LogP contribution in [-0.2, 0) is 12.8 Å². The minimum absolute atomic E-state index is 0.678. The van der Waals surface area contributed by atoms with E-state index in [1.165, 1.54) is 0 Å². The van der Waals surface area contributed by atoms with Crippen molar-refractivity contribution in [2.45, 2.75) is 33.1 Å². The fourth-order valence-electron chi connectivity index (χ4n) is 3.24. The lowest BCUT2D eigenvalue weighted by Gasteiger charge is -2.14. The molecule has 1 heterocycles. The molecule has 3 rings (SSSR count). The van der Waals surface area contributed by atoms with Crippen molar-refractivity contribution in [1.29, 1.82) is 5.26 Å². The molecule has 5 nitrogen and oxygen atoms in total. The predicted molar refractivity (Wildman–Crippen MR) is 108 cm³/mol. The van der Waals surface area contributed by atoms with Crippen molar-refractivity contribution < 1.29 is 0 Å². The largest absolute Gasteiger partial charge is 0.308 e. The molecule has 3 N–H and O–H groups in total. The molecule has 2 aromatic carbocycles. The molecule has 0 fully saturated rings. The topological polar surface area (TPSA) is 87.6 Å². The fraction of sp³-hybridized carbons (Fsp3) is 0.227. The van der Waals surface area contributed by atoms with E-state index in [9.17, 15) is 5.26 Å². The molecule has 1 aromatic heterocycles. The lowest BCUT2D eigenvalue weighted by atomic mass is 9.96. The summed E-state index contributed by atoms with van der Waals surface area (Å²) in [5.41, 5.74) is 8.60. The molecular formula is C22H23N5. The molecule has 0 aliphatic rings. The van der Waals surface area contributed by atoms with Crippen LogP contribution < -0.4 is 11.3 Å². The lowest BCUT2D eigenvalue weighted by molar-refractivity contribution is 0.833. The van der Waals surface area contributed by atoms with Crippen LogP contribution >= 0.6 is 0 Å². The van der Waals surface area contributed by atoms with Crippen LogP contribution in [0, 0.1) is 18.3 Å². The number of nitrogen functional groups attached to an aromatic ring is 1. The summed E-state index contributed by atoms with van der Waals surface area (Å²) >= 11 is 0. The number of hydrazine groups is 1. The Balaban J connectivity index is 1.93. The molecule has 0 spiro atoms. The third-order valence-electron chi connectivity index (χ3n) is 4.52. The highest BCUT2D eigenvalue weighted by atomic mass is 15.3. The Kier molecular flexibility index (Phi) is 5.80. The van der Waals surface area contributed by atoms with E-state index in [0.717, 1.165) is 46.6 Å². The number of hydrogen-bond acceptors (Lipinski definition) is 5. The molecule has 0 bridgehead atoms. The Morgan fingerprint density at radius 3 is 2.48 bits per heavy atom. The van der Waals surface area contributed by atoms with Crippen LogP contribution in [0.3, 0.4) is 0 Å². The number of aryl methyl sites for hydroxylation is 2. The monoisotopic (exact) mass is 357 g/mol. The van der Waals surface area contributed by atoms with Gasteiger partial charge in [0.05, 0.1) is 11.6 Å². The second-order valence-electron chi connectivity index (χ2n) is 6.47.